The van der Waals surface area contributed by atoms with Crippen LogP contribution in [0.4, 0.5) is 5.69 Å². The number of nitrogens with zero attached hydrogens (tertiary/aromatic N) is 2. The van der Waals surface area contributed by atoms with Crippen LogP contribution < -0.4 is 9.64 Å². The van der Waals surface area contributed by atoms with E-state index in [4.69, 9.17) is 4.74 Å². The van der Waals surface area contributed by atoms with Crippen molar-refractivity contribution in [2.75, 3.05) is 18.6 Å². The first kappa shape index (κ1) is 13.8. The quantitative estimate of drug-likeness (QED) is 0.809. The molecule has 1 aliphatic heterocycles. The van der Waals surface area contributed by atoms with Gasteiger partial charge in [0.15, 0.2) is 0 Å². The Kier molecular flexibility index (Phi) is 3.26. The third-order valence-electron chi connectivity index (χ3n) is 4.28. The van der Waals surface area contributed by atoms with Crippen molar-refractivity contribution >= 4 is 22.6 Å². The number of ether oxygens (including phenoxy) is 1. The fourth-order valence-electron chi connectivity index (χ4n) is 3.08. The second-order valence-corrected chi connectivity index (χ2v) is 5.75. The highest BCUT2D eigenvalue weighted by Crippen LogP contribution is 2.32. The highest BCUT2D eigenvalue weighted by molar-refractivity contribution is 5.96. The molecule has 2 aromatic carbocycles. The zero-order valence-corrected chi connectivity index (χ0v) is 12.8. The molecule has 0 saturated carbocycles. The van der Waals surface area contributed by atoms with E-state index in [0.29, 0.717) is 13.0 Å². The molecule has 0 spiro atoms. The molecular weight excluding hydrogens is 290 g/mol. The van der Waals surface area contributed by atoms with E-state index >= 15 is 0 Å². The van der Waals surface area contributed by atoms with Gasteiger partial charge in [0.25, 0.3) is 0 Å². The summed E-state index contributed by atoms with van der Waals surface area (Å²) in [7, 11) is 1.63. The average molecular weight is 307 g/mol. The number of anilines is 1. The van der Waals surface area contributed by atoms with Crippen LogP contribution in [0.1, 0.15) is 18.2 Å². The lowest BCUT2D eigenvalue weighted by atomic mass is 10.1. The molecule has 1 aromatic heterocycles. The first-order chi connectivity index (χ1) is 11.2. The lowest BCUT2D eigenvalue weighted by Crippen LogP contribution is -2.24. The zero-order valence-electron chi connectivity index (χ0n) is 12.8. The molecule has 1 N–H and O–H groups in total. The Morgan fingerprint density at radius 1 is 1.22 bits per heavy atom. The summed E-state index contributed by atoms with van der Waals surface area (Å²) in [4.78, 5) is 22.2. The largest absolute Gasteiger partial charge is 0.497 e. The Bertz CT molecular complexity index is 838. The van der Waals surface area contributed by atoms with E-state index in [1.54, 1.807) is 12.0 Å². The van der Waals surface area contributed by atoms with Crippen LogP contribution in [0.2, 0.25) is 0 Å². The monoisotopic (exact) mass is 307 g/mol. The van der Waals surface area contributed by atoms with Gasteiger partial charge in [0.05, 0.1) is 18.1 Å². The fourth-order valence-corrected chi connectivity index (χ4v) is 3.08. The van der Waals surface area contributed by atoms with Gasteiger partial charge in [0, 0.05) is 30.6 Å². The number of hydrogen-bond acceptors (Lipinski definition) is 3. The van der Waals surface area contributed by atoms with E-state index < -0.39 is 0 Å². The summed E-state index contributed by atoms with van der Waals surface area (Å²) in [5.41, 5.74) is 2.82. The molecular formula is C18H17N3O2. The lowest BCUT2D eigenvalue weighted by Gasteiger charge is -2.17. The van der Waals surface area contributed by atoms with E-state index in [0.717, 1.165) is 28.3 Å². The highest BCUT2D eigenvalue weighted by atomic mass is 16.5. The summed E-state index contributed by atoms with van der Waals surface area (Å²) >= 11 is 0. The van der Waals surface area contributed by atoms with Gasteiger partial charge in [0.2, 0.25) is 5.91 Å². The molecule has 5 nitrogen and oxygen atoms in total. The molecule has 0 radical (unpaired) electrons. The molecule has 1 amide bonds. The third-order valence-corrected chi connectivity index (χ3v) is 4.28. The van der Waals surface area contributed by atoms with Crippen LogP contribution in [0.25, 0.3) is 11.0 Å². The van der Waals surface area contributed by atoms with Gasteiger partial charge in [-0.1, -0.05) is 18.2 Å². The number of carbonyl (C=O) groups excluding carboxylic acids is 1. The van der Waals surface area contributed by atoms with Crippen molar-refractivity contribution in [2.24, 2.45) is 0 Å². The molecule has 0 bridgehead atoms. The van der Waals surface area contributed by atoms with Gasteiger partial charge in [-0.15, -0.1) is 0 Å². The number of hydrogen-bond donors (Lipinski definition) is 1. The maximum Gasteiger partial charge on any atom is 0.227 e. The minimum atomic E-state index is 0.0844. The molecule has 1 atom stereocenters. The van der Waals surface area contributed by atoms with Gasteiger partial charge < -0.3 is 14.6 Å². The van der Waals surface area contributed by atoms with Crippen LogP contribution in [-0.2, 0) is 4.79 Å². The lowest BCUT2D eigenvalue weighted by molar-refractivity contribution is -0.117. The topological polar surface area (TPSA) is 58.2 Å². The second-order valence-electron chi connectivity index (χ2n) is 5.75. The second kappa shape index (κ2) is 5.43. The fraction of sp³-hybridized carbons (Fsp3) is 0.222. The Hall–Kier alpha value is -2.82. The van der Waals surface area contributed by atoms with Crippen LogP contribution in [0.3, 0.4) is 0 Å². The zero-order chi connectivity index (χ0) is 15.8. The summed E-state index contributed by atoms with van der Waals surface area (Å²) in [5, 5.41) is 0. The van der Waals surface area contributed by atoms with Gasteiger partial charge in [-0.05, 0) is 24.3 Å². The molecule has 0 aliphatic carbocycles. The summed E-state index contributed by atoms with van der Waals surface area (Å²) in [5.74, 6) is 1.83. The van der Waals surface area contributed by atoms with Crippen molar-refractivity contribution in [1.29, 1.82) is 0 Å². The van der Waals surface area contributed by atoms with E-state index in [-0.39, 0.29) is 11.8 Å². The van der Waals surface area contributed by atoms with Crippen molar-refractivity contribution in [3.05, 3.63) is 54.4 Å². The minimum absolute atomic E-state index is 0.0844. The summed E-state index contributed by atoms with van der Waals surface area (Å²) < 4.78 is 5.24. The number of H-pyrrole nitrogens is 1. The van der Waals surface area contributed by atoms with Crippen molar-refractivity contribution in [1.82, 2.24) is 9.97 Å². The maximum absolute atomic E-state index is 12.4. The molecule has 1 fully saturated rings. The molecule has 4 rings (SSSR count). The number of benzene rings is 2. The highest BCUT2D eigenvalue weighted by Gasteiger charge is 2.33. The van der Waals surface area contributed by atoms with E-state index in [1.165, 1.54) is 0 Å². The smallest absolute Gasteiger partial charge is 0.227 e. The number of para-hydroxylation sites is 2. The predicted octanol–water partition coefficient (Wildman–Crippen LogP) is 3.09. The number of nitrogens with one attached hydrogen (secondary N) is 1. The third kappa shape index (κ3) is 2.44. The first-order valence-corrected chi connectivity index (χ1v) is 7.63. The Labute approximate surface area is 133 Å². The number of imidazole rings is 1. The number of aromatic nitrogens is 2. The van der Waals surface area contributed by atoms with Gasteiger partial charge in [-0.2, -0.15) is 0 Å². The van der Waals surface area contributed by atoms with Crippen LogP contribution in [0.15, 0.2) is 48.5 Å². The number of fused-ring (bicyclic) bond motifs is 1. The van der Waals surface area contributed by atoms with Crippen molar-refractivity contribution in [3.8, 4) is 5.75 Å². The molecule has 2 heterocycles. The molecule has 1 unspecified atom stereocenters. The standard InChI is InChI=1S/C18H17N3O2/c1-23-14-6-4-5-13(10-14)21-11-12(9-17(21)22)18-19-15-7-2-3-8-16(15)20-18/h2-8,10,12H,9,11H2,1H3,(H,19,20). The molecule has 3 aromatic rings. The number of rotatable bonds is 3. The van der Waals surface area contributed by atoms with Crippen LogP contribution in [0, 0.1) is 0 Å². The predicted molar refractivity (Wildman–Crippen MR) is 88.8 cm³/mol. The molecule has 5 heteroatoms. The summed E-state index contributed by atoms with van der Waals surface area (Å²) in [6.45, 7) is 0.631. The van der Waals surface area contributed by atoms with Gasteiger partial charge in [0.1, 0.15) is 11.6 Å². The number of amides is 1. The van der Waals surface area contributed by atoms with Gasteiger partial charge in [-0.3, -0.25) is 4.79 Å². The Balaban J connectivity index is 1.62. The van der Waals surface area contributed by atoms with Gasteiger partial charge >= 0.3 is 0 Å². The number of aromatic amines is 1. The Morgan fingerprint density at radius 3 is 2.91 bits per heavy atom. The number of carbonyl (C=O) groups is 1. The van der Waals surface area contributed by atoms with Crippen molar-refractivity contribution in [2.45, 2.75) is 12.3 Å². The molecule has 1 saturated heterocycles. The van der Waals surface area contributed by atoms with Crippen molar-refractivity contribution in [3.63, 3.8) is 0 Å². The van der Waals surface area contributed by atoms with Crippen LogP contribution in [0.5, 0.6) is 5.75 Å². The van der Waals surface area contributed by atoms with Crippen LogP contribution >= 0.6 is 0 Å². The minimum Gasteiger partial charge on any atom is -0.497 e. The Morgan fingerprint density at radius 2 is 2.09 bits per heavy atom. The summed E-state index contributed by atoms with van der Waals surface area (Å²) in [6, 6.07) is 15.5. The molecule has 116 valence electrons. The maximum atomic E-state index is 12.4. The molecule has 23 heavy (non-hydrogen) atoms. The number of methoxy groups -OCH3 is 1. The van der Waals surface area contributed by atoms with E-state index in [9.17, 15) is 4.79 Å². The van der Waals surface area contributed by atoms with E-state index in [1.807, 2.05) is 48.5 Å². The van der Waals surface area contributed by atoms with Crippen LogP contribution in [-0.4, -0.2) is 29.5 Å². The normalized spacial score (nSPS) is 17.9. The first-order valence-electron chi connectivity index (χ1n) is 7.63. The average Bonchev–Trinajstić information content (AvgIpc) is 3.18. The summed E-state index contributed by atoms with van der Waals surface area (Å²) in [6.07, 6.45) is 0.469. The molecule has 1 aliphatic rings. The van der Waals surface area contributed by atoms with E-state index in [2.05, 4.69) is 9.97 Å². The van der Waals surface area contributed by atoms with Crippen molar-refractivity contribution < 1.29 is 9.53 Å². The van der Waals surface area contributed by atoms with Gasteiger partial charge in [-0.25, -0.2) is 4.98 Å². The SMILES string of the molecule is COc1cccc(N2CC(c3nc4ccccc4[nH]3)CC2=O)c1.